The highest BCUT2D eigenvalue weighted by molar-refractivity contribution is 6.09. The zero-order valence-electron chi connectivity index (χ0n) is 10.3. The molecule has 0 heterocycles. The van der Waals surface area contributed by atoms with Crippen molar-refractivity contribution in [2.24, 2.45) is 0 Å². The maximum atomic E-state index is 12.2. The van der Waals surface area contributed by atoms with Crippen LogP contribution in [0.2, 0.25) is 0 Å². The molecule has 0 saturated carbocycles. The van der Waals surface area contributed by atoms with Crippen molar-refractivity contribution in [1.29, 1.82) is 0 Å². The van der Waals surface area contributed by atoms with Gasteiger partial charge in [-0.25, -0.2) is 0 Å². The highest BCUT2D eigenvalue weighted by Gasteiger charge is 2.11. The Kier molecular flexibility index (Phi) is 3.06. The van der Waals surface area contributed by atoms with Crippen molar-refractivity contribution < 1.29 is 15.0 Å². The minimum atomic E-state index is -0.215. The number of aryl methyl sites for hydroxylation is 2. The maximum Gasteiger partial charge on any atom is 0.193 e. The summed E-state index contributed by atoms with van der Waals surface area (Å²) in [6.07, 6.45) is 0. The minimum Gasteiger partial charge on any atom is -0.508 e. The van der Waals surface area contributed by atoms with Crippen LogP contribution >= 0.6 is 0 Å². The molecule has 2 N–H and O–H groups in total. The van der Waals surface area contributed by atoms with E-state index in [2.05, 4.69) is 0 Å². The Morgan fingerprint density at radius 2 is 1.17 bits per heavy atom. The van der Waals surface area contributed by atoms with Gasteiger partial charge in [0.2, 0.25) is 0 Å². The molecule has 0 unspecified atom stereocenters. The SMILES string of the molecule is Cc1cc(O)cc(C(=O)c2cc(C)cc(O)c2)c1. The molecule has 0 spiro atoms. The van der Waals surface area contributed by atoms with Crippen LogP contribution in [-0.4, -0.2) is 16.0 Å². The van der Waals surface area contributed by atoms with Crippen molar-refractivity contribution >= 4 is 5.78 Å². The molecule has 0 radical (unpaired) electrons. The van der Waals surface area contributed by atoms with Crippen molar-refractivity contribution in [2.45, 2.75) is 13.8 Å². The molecule has 0 aliphatic rings. The molecule has 2 aromatic carbocycles. The number of phenolic OH excluding ortho intramolecular Hbond substituents is 2. The molecular formula is C15H14O3. The molecular weight excluding hydrogens is 228 g/mol. The first-order valence-electron chi connectivity index (χ1n) is 5.62. The van der Waals surface area contributed by atoms with Crippen LogP contribution in [0.3, 0.4) is 0 Å². The van der Waals surface area contributed by atoms with E-state index >= 15 is 0 Å². The molecule has 92 valence electrons. The third kappa shape index (κ3) is 2.51. The number of rotatable bonds is 2. The lowest BCUT2D eigenvalue weighted by Crippen LogP contribution is -2.02. The lowest BCUT2D eigenvalue weighted by Gasteiger charge is -2.05. The molecule has 3 heteroatoms. The Hall–Kier alpha value is -2.29. The summed E-state index contributed by atoms with van der Waals surface area (Å²) in [5.41, 5.74) is 2.46. The molecule has 18 heavy (non-hydrogen) atoms. The molecule has 0 bridgehead atoms. The molecule has 0 aliphatic heterocycles. The zero-order chi connectivity index (χ0) is 13.3. The number of hydrogen-bond donors (Lipinski definition) is 2. The first kappa shape index (κ1) is 12.2. The van der Waals surface area contributed by atoms with Crippen molar-refractivity contribution in [1.82, 2.24) is 0 Å². The van der Waals surface area contributed by atoms with Gasteiger partial charge in [-0.1, -0.05) is 0 Å². The van der Waals surface area contributed by atoms with Gasteiger partial charge in [0.05, 0.1) is 0 Å². The van der Waals surface area contributed by atoms with E-state index in [-0.39, 0.29) is 17.3 Å². The molecule has 0 amide bonds. The van der Waals surface area contributed by atoms with E-state index in [1.807, 2.05) is 13.8 Å². The van der Waals surface area contributed by atoms with Gasteiger partial charge in [-0.15, -0.1) is 0 Å². The van der Waals surface area contributed by atoms with Crippen LogP contribution in [0.25, 0.3) is 0 Å². The standard InChI is InChI=1S/C15H14O3/c1-9-3-11(7-13(16)5-9)15(18)12-4-10(2)6-14(17)8-12/h3-8,16-17H,1-2H3. The highest BCUT2D eigenvalue weighted by Crippen LogP contribution is 2.21. The second kappa shape index (κ2) is 4.53. The normalized spacial score (nSPS) is 10.3. The first-order valence-corrected chi connectivity index (χ1v) is 5.62. The number of aromatic hydroxyl groups is 2. The number of carbonyl (C=O) groups is 1. The Balaban J connectivity index is 2.47. The van der Waals surface area contributed by atoms with Gasteiger partial charge in [-0.3, -0.25) is 4.79 Å². The third-order valence-corrected chi connectivity index (χ3v) is 2.65. The molecule has 2 rings (SSSR count). The fourth-order valence-electron chi connectivity index (χ4n) is 1.95. The number of hydrogen-bond acceptors (Lipinski definition) is 3. The largest absolute Gasteiger partial charge is 0.508 e. The van der Waals surface area contributed by atoms with Gasteiger partial charge in [0, 0.05) is 11.1 Å². The number of ketones is 1. The molecule has 0 fully saturated rings. The van der Waals surface area contributed by atoms with E-state index in [4.69, 9.17) is 0 Å². The lowest BCUT2D eigenvalue weighted by atomic mass is 9.99. The predicted molar refractivity (Wildman–Crippen MR) is 69.1 cm³/mol. The summed E-state index contributed by atoms with van der Waals surface area (Å²) in [6.45, 7) is 3.62. The summed E-state index contributed by atoms with van der Waals surface area (Å²) in [5.74, 6) is -0.0848. The second-order valence-corrected chi connectivity index (χ2v) is 4.44. The van der Waals surface area contributed by atoms with E-state index in [9.17, 15) is 15.0 Å². The van der Waals surface area contributed by atoms with Crippen molar-refractivity contribution in [3.63, 3.8) is 0 Å². The van der Waals surface area contributed by atoms with E-state index < -0.39 is 0 Å². The Bertz CT molecular complexity index is 521. The molecule has 0 saturated heterocycles. The molecule has 3 nitrogen and oxygen atoms in total. The fourth-order valence-corrected chi connectivity index (χ4v) is 1.95. The second-order valence-electron chi connectivity index (χ2n) is 4.44. The summed E-state index contributed by atoms with van der Waals surface area (Å²) >= 11 is 0. The summed E-state index contributed by atoms with van der Waals surface area (Å²) in [4.78, 5) is 12.2. The Morgan fingerprint density at radius 3 is 1.50 bits per heavy atom. The number of benzene rings is 2. The summed E-state index contributed by atoms with van der Waals surface area (Å²) in [7, 11) is 0. The van der Waals surface area contributed by atoms with Crippen LogP contribution in [0.15, 0.2) is 36.4 Å². The maximum absolute atomic E-state index is 12.2. The monoisotopic (exact) mass is 242 g/mol. The van der Waals surface area contributed by atoms with Crippen molar-refractivity contribution in [2.75, 3.05) is 0 Å². The molecule has 0 atom stereocenters. The molecule has 2 aromatic rings. The van der Waals surface area contributed by atoms with Gasteiger partial charge in [0.25, 0.3) is 0 Å². The van der Waals surface area contributed by atoms with Gasteiger partial charge < -0.3 is 10.2 Å². The topological polar surface area (TPSA) is 57.5 Å². The van der Waals surface area contributed by atoms with Gasteiger partial charge >= 0.3 is 0 Å². The summed E-state index contributed by atoms with van der Waals surface area (Å²) < 4.78 is 0. The quantitative estimate of drug-likeness (QED) is 0.796. The average Bonchev–Trinajstić information content (AvgIpc) is 2.25. The van der Waals surface area contributed by atoms with E-state index in [1.165, 1.54) is 12.1 Å². The van der Waals surface area contributed by atoms with Crippen LogP contribution in [0.1, 0.15) is 27.0 Å². The van der Waals surface area contributed by atoms with E-state index in [1.54, 1.807) is 24.3 Å². The van der Waals surface area contributed by atoms with Crippen LogP contribution < -0.4 is 0 Å². The van der Waals surface area contributed by atoms with E-state index in [0.717, 1.165) is 11.1 Å². The third-order valence-electron chi connectivity index (χ3n) is 2.65. The average molecular weight is 242 g/mol. The van der Waals surface area contributed by atoms with Gasteiger partial charge in [-0.2, -0.15) is 0 Å². The van der Waals surface area contributed by atoms with Crippen molar-refractivity contribution in [3.05, 3.63) is 58.7 Å². The Morgan fingerprint density at radius 1 is 0.778 bits per heavy atom. The zero-order valence-corrected chi connectivity index (χ0v) is 10.3. The van der Waals surface area contributed by atoms with Crippen LogP contribution in [0.5, 0.6) is 11.5 Å². The molecule has 0 aromatic heterocycles. The minimum absolute atomic E-state index is 0.0650. The number of carbonyl (C=O) groups excluding carboxylic acids is 1. The number of phenols is 2. The van der Waals surface area contributed by atoms with Crippen molar-refractivity contribution in [3.8, 4) is 11.5 Å². The summed E-state index contributed by atoms with van der Waals surface area (Å²) in [6, 6.07) is 9.45. The predicted octanol–water partition coefficient (Wildman–Crippen LogP) is 2.95. The van der Waals surface area contributed by atoms with Crippen LogP contribution in [-0.2, 0) is 0 Å². The van der Waals surface area contributed by atoms with Gasteiger partial charge in [-0.05, 0) is 61.4 Å². The summed E-state index contributed by atoms with van der Waals surface area (Å²) in [5, 5.41) is 19.0. The Labute approximate surface area is 105 Å². The smallest absolute Gasteiger partial charge is 0.193 e. The highest BCUT2D eigenvalue weighted by atomic mass is 16.3. The lowest BCUT2D eigenvalue weighted by molar-refractivity contribution is 0.103. The van der Waals surface area contributed by atoms with Crippen LogP contribution in [0.4, 0.5) is 0 Å². The first-order chi connectivity index (χ1) is 8.45. The van der Waals surface area contributed by atoms with E-state index in [0.29, 0.717) is 11.1 Å². The van der Waals surface area contributed by atoms with Gasteiger partial charge in [0.15, 0.2) is 5.78 Å². The molecule has 0 aliphatic carbocycles. The fraction of sp³-hybridized carbons (Fsp3) is 0.133. The van der Waals surface area contributed by atoms with Gasteiger partial charge in [0.1, 0.15) is 11.5 Å². The van der Waals surface area contributed by atoms with Crippen LogP contribution in [0, 0.1) is 13.8 Å².